The second-order valence-corrected chi connectivity index (χ2v) is 15.6. The first-order valence-electron chi connectivity index (χ1n) is 15.9. The van der Waals surface area contributed by atoms with E-state index in [1.807, 2.05) is 18.4 Å². The van der Waals surface area contributed by atoms with Gasteiger partial charge < -0.3 is 25.7 Å². The number of fused-ring (bicyclic) bond motifs is 3. The fraction of sp³-hybridized carbons (Fsp3) is 0.625. The van der Waals surface area contributed by atoms with Crippen molar-refractivity contribution >= 4 is 27.3 Å². The van der Waals surface area contributed by atoms with Gasteiger partial charge in [0.05, 0.1) is 40.8 Å². The van der Waals surface area contributed by atoms with Crippen molar-refractivity contribution in [3.05, 3.63) is 40.5 Å². The molecule has 10 nitrogen and oxygen atoms in total. The van der Waals surface area contributed by atoms with Crippen molar-refractivity contribution in [3.8, 4) is 5.69 Å². The summed E-state index contributed by atoms with van der Waals surface area (Å²) in [7, 11) is -3.49. The number of anilines is 1. The quantitative estimate of drug-likeness (QED) is 0.408. The van der Waals surface area contributed by atoms with Crippen LogP contribution in [0.15, 0.2) is 17.0 Å². The molecule has 2 aliphatic heterocycles. The Morgan fingerprint density at radius 2 is 1.77 bits per heavy atom. The van der Waals surface area contributed by atoms with Gasteiger partial charge in [-0.3, -0.25) is 14.5 Å². The van der Waals surface area contributed by atoms with Gasteiger partial charge in [0.25, 0.3) is 5.91 Å². The summed E-state index contributed by atoms with van der Waals surface area (Å²) in [6.45, 7) is 7.74. The highest BCUT2D eigenvalue weighted by molar-refractivity contribution is 7.91. The van der Waals surface area contributed by atoms with E-state index in [4.69, 9.17) is 10.5 Å². The van der Waals surface area contributed by atoms with Crippen LogP contribution in [0.3, 0.4) is 0 Å². The smallest absolute Gasteiger partial charge is 0.253 e. The Morgan fingerprint density at radius 3 is 2.48 bits per heavy atom. The van der Waals surface area contributed by atoms with Gasteiger partial charge in [-0.15, -0.1) is 0 Å². The number of nitrogens with zero attached hydrogens (tertiary/aromatic N) is 2. The lowest BCUT2D eigenvalue weighted by molar-refractivity contribution is -0.122. The SMILES string of the molecule is CC1(C)Cc2c(c3c(n2-c2cc(F)c(C(N)=O)c(N[C@H]4CC[C@H](NC(=O)CCN5CCOCC5)CC4)c2)CCC3)S(=O)(=O)C1. The Balaban J connectivity index is 1.20. The molecule has 1 saturated heterocycles. The second-order valence-electron chi connectivity index (χ2n) is 13.7. The van der Waals surface area contributed by atoms with Crippen molar-refractivity contribution in [2.75, 3.05) is 43.9 Å². The van der Waals surface area contributed by atoms with Crippen LogP contribution in [-0.4, -0.2) is 80.4 Å². The molecule has 1 aromatic heterocycles. The minimum Gasteiger partial charge on any atom is -0.382 e. The molecule has 1 saturated carbocycles. The molecule has 0 bridgehead atoms. The van der Waals surface area contributed by atoms with Gasteiger partial charge in [-0.2, -0.15) is 0 Å². The molecule has 2 amide bonds. The summed E-state index contributed by atoms with van der Waals surface area (Å²) in [5.41, 5.74) is 8.30. The average Bonchev–Trinajstić information content (AvgIpc) is 3.52. The van der Waals surface area contributed by atoms with E-state index < -0.39 is 27.0 Å². The molecule has 6 rings (SSSR count). The minimum absolute atomic E-state index is 0.0344. The van der Waals surface area contributed by atoms with E-state index in [2.05, 4.69) is 15.5 Å². The number of rotatable bonds is 8. The number of nitrogens with one attached hydrogen (secondary N) is 2. The topological polar surface area (TPSA) is 136 Å². The molecule has 2 aliphatic carbocycles. The van der Waals surface area contributed by atoms with Crippen molar-refractivity contribution in [1.29, 1.82) is 0 Å². The molecular formula is C32H44FN5O5S. The minimum atomic E-state index is -3.49. The van der Waals surface area contributed by atoms with E-state index in [1.165, 1.54) is 6.07 Å². The number of aromatic nitrogens is 1. The molecule has 3 heterocycles. The van der Waals surface area contributed by atoms with Gasteiger partial charge in [-0.1, -0.05) is 13.8 Å². The van der Waals surface area contributed by atoms with Crippen LogP contribution in [0.5, 0.6) is 0 Å². The predicted octanol–water partition coefficient (Wildman–Crippen LogP) is 3.12. The van der Waals surface area contributed by atoms with Gasteiger partial charge in [0.15, 0.2) is 9.84 Å². The Hall–Kier alpha value is -2.96. The number of primary amides is 1. The Kier molecular flexibility index (Phi) is 8.53. The normalized spacial score (nSPS) is 24.3. The van der Waals surface area contributed by atoms with Crippen LogP contribution in [0.4, 0.5) is 10.1 Å². The molecule has 1 aromatic carbocycles. The third kappa shape index (κ3) is 6.25. The lowest BCUT2D eigenvalue weighted by Gasteiger charge is -2.32. The molecule has 2 aromatic rings. The summed E-state index contributed by atoms with van der Waals surface area (Å²) in [4.78, 5) is 27.7. The number of morpholine rings is 1. The summed E-state index contributed by atoms with van der Waals surface area (Å²) in [5.74, 6) is -1.46. The predicted molar refractivity (Wildman–Crippen MR) is 165 cm³/mol. The third-order valence-corrected chi connectivity index (χ3v) is 11.9. The number of sulfone groups is 1. The number of carbonyl (C=O) groups excluding carboxylic acids is 2. The lowest BCUT2D eigenvalue weighted by Crippen LogP contribution is -2.42. The molecular weight excluding hydrogens is 585 g/mol. The van der Waals surface area contributed by atoms with Crippen LogP contribution in [-0.2, 0) is 38.6 Å². The van der Waals surface area contributed by atoms with E-state index in [1.54, 1.807) is 6.07 Å². The maximum atomic E-state index is 15.7. The monoisotopic (exact) mass is 629 g/mol. The van der Waals surface area contributed by atoms with Gasteiger partial charge >= 0.3 is 0 Å². The van der Waals surface area contributed by atoms with Crippen LogP contribution >= 0.6 is 0 Å². The highest BCUT2D eigenvalue weighted by atomic mass is 32.2. The number of benzene rings is 1. The van der Waals surface area contributed by atoms with E-state index in [0.717, 1.165) is 63.0 Å². The van der Waals surface area contributed by atoms with Crippen LogP contribution in [0.25, 0.3) is 5.69 Å². The Bertz CT molecular complexity index is 1560. The summed E-state index contributed by atoms with van der Waals surface area (Å²) in [6, 6.07) is 3.09. The van der Waals surface area contributed by atoms with E-state index in [0.29, 0.717) is 60.9 Å². The van der Waals surface area contributed by atoms with Gasteiger partial charge in [-0.05, 0) is 74.5 Å². The second kappa shape index (κ2) is 12.1. The molecule has 0 radical (unpaired) electrons. The number of hydrogen-bond acceptors (Lipinski definition) is 7. The zero-order chi connectivity index (χ0) is 31.2. The molecule has 0 unspecified atom stereocenters. The average molecular weight is 630 g/mol. The number of amides is 2. The number of nitrogens with two attached hydrogens (primary N) is 1. The molecule has 44 heavy (non-hydrogen) atoms. The van der Waals surface area contributed by atoms with Crippen LogP contribution in [0.2, 0.25) is 0 Å². The molecule has 2 fully saturated rings. The number of hydrogen-bond donors (Lipinski definition) is 3. The van der Waals surface area contributed by atoms with Gasteiger partial charge in [-0.25, -0.2) is 12.8 Å². The highest BCUT2D eigenvalue weighted by Crippen LogP contribution is 2.45. The number of ether oxygens (including phenoxy) is 1. The van der Waals surface area contributed by atoms with Crippen molar-refractivity contribution in [1.82, 2.24) is 14.8 Å². The van der Waals surface area contributed by atoms with Gasteiger partial charge in [0.2, 0.25) is 5.91 Å². The van der Waals surface area contributed by atoms with Crippen LogP contribution in [0, 0.1) is 11.2 Å². The van der Waals surface area contributed by atoms with E-state index >= 15 is 4.39 Å². The summed E-state index contributed by atoms with van der Waals surface area (Å²) in [5, 5.41) is 6.56. The first-order valence-corrected chi connectivity index (χ1v) is 17.5. The fourth-order valence-electron chi connectivity index (χ4n) is 7.66. The largest absolute Gasteiger partial charge is 0.382 e. The zero-order valence-corrected chi connectivity index (χ0v) is 26.5. The van der Waals surface area contributed by atoms with Crippen molar-refractivity contribution in [3.63, 3.8) is 0 Å². The molecule has 4 aliphatic rings. The van der Waals surface area contributed by atoms with Crippen LogP contribution < -0.4 is 16.4 Å². The molecule has 240 valence electrons. The third-order valence-electron chi connectivity index (χ3n) is 9.59. The first kappa shape index (κ1) is 31.0. The molecule has 12 heteroatoms. The molecule has 4 N–H and O–H groups in total. The first-order chi connectivity index (χ1) is 20.9. The summed E-state index contributed by atoms with van der Waals surface area (Å²) < 4.78 is 49.9. The van der Waals surface area contributed by atoms with Gasteiger partial charge in [0.1, 0.15) is 5.82 Å². The Labute approximate surface area is 258 Å². The molecule has 0 spiro atoms. The zero-order valence-electron chi connectivity index (χ0n) is 25.7. The maximum Gasteiger partial charge on any atom is 0.253 e. The maximum absolute atomic E-state index is 15.7. The highest BCUT2D eigenvalue weighted by Gasteiger charge is 2.42. The van der Waals surface area contributed by atoms with Crippen molar-refractivity contribution in [2.45, 2.75) is 88.6 Å². The van der Waals surface area contributed by atoms with E-state index in [-0.39, 0.29) is 29.3 Å². The fourth-order valence-corrected chi connectivity index (χ4v) is 10.1. The van der Waals surface area contributed by atoms with E-state index in [9.17, 15) is 18.0 Å². The van der Waals surface area contributed by atoms with Crippen molar-refractivity contribution < 1.29 is 27.1 Å². The Morgan fingerprint density at radius 1 is 1.07 bits per heavy atom. The van der Waals surface area contributed by atoms with Crippen LogP contribution in [0.1, 0.15) is 79.7 Å². The summed E-state index contributed by atoms with van der Waals surface area (Å²) >= 11 is 0. The van der Waals surface area contributed by atoms with Gasteiger partial charge in [0, 0.05) is 49.5 Å². The molecule has 0 atom stereocenters. The number of carbonyl (C=O) groups is 2. The summed E-state index contributed by atoms with van der Waals surface area (Å²) in [6.07, 6.45) is 6.25. The number of halogens is 1. The van der Waals surface area contributed by atoms with Crippen molar-refractivity contribution in [2.24, 2.45) is 11.1 Å². The lowest BCUT2D eigenvalue weighted by atomic mass is 9.89. The standard InChI is InChI=1S/C32H44FN5O5S/c1-32(2)18-27-30(44(41,42)19-32)23-4-3-5-26(23)38(27)22-16-24(33)29(31(34)40)25(17-22)35-20-6-8-21(9-7-20)36-28(39)10-11-37-12-14-43-15-13-37/h16-17,20-21,35H,3-15,18-19H2,1-2H3,(H2,34,40)(H,36,39)/t20-,21-.